The van der Waals surface area contributed by atoms with Gasteiger partial charge in [-0.05, 0) is 37.0 Å². The van der Waals surface area contributed by atoms with E-state index < -0.39 is 0 Å². The Morgan fingerprint density at radius 2 is 2.46 bits per heavy atom. The van der Waals surface area contributed by atoms with Crippen molar-refractivity contribution >= 4 is 0 Å². The lowest BCUT2D eigenvalue weighted by Crippen LogP contribution is -2.38. The Morgan fingerprint density at radius 3 is 3.23 bits per heavy atom. The highest BCUT2D eigenvalue weighted by Crippen LogP contribution is 2.30. The van der Waals surface area contributed by atoms with Crippen LogP contribution in [-0.4, -0.2) is 24.5 Å². The monoisotopic (exact) mass is 178 g/mol. The quantitative estimate of drug-likeness (QED) is 0.659. The zero-order chi connectivity index (χ0) is 9.26. The Balaban J connectivity index is 2.12. The van der Waals surface area contributed by atoms with Crippen molar-refractivity contribution < 1.29 is 0 Å². The summed E-state index contributed by atoms with van der Waals surface area (Å²) in [6.45, 7) is 5.80. The fourth-order valence-electron chi connectivity index (χ4n) is 2.35. The third kappa shape index (κ3) is 1.63. The summed E-state index contributed by atoms with van der Waals surface area (Å²) in [5.74, 6) is 0.707. The minimum absolute atomic E-state index is 0.707. The molecule has 0 aromatic heterocycles. The second-order valence-electron chi connectivity index (χ2n) is 3.96. The molecule has 1 atom stereocenters. The third-order valence-electron chi connectivity index (χ3n) is 3.20. The van der Waals surface area contributed by atoms with Crippen molar-refractivity contribution in [2.75, 3.05) is 19.6 Å². The number of nitrogens with two attached hydrogens (primary N) is 1. The summed E-state index contributed by atoms with van der Waals surface area (Å²) in [6.07, 6.45) is 6.65. The second kappa shape index (κ2) is 3.54. The number of fused-ring (bicyclic) bond motifs is 1. The molecule has 0 bridgehead atoms. The van der Waals surface area contributed by atoms with Crippen molar-refractivity contribution in [2.45, 2.75) is 19.8 Å². The summed E-state index contributed by atoms with van der Waals surface area (Å²) in [5.41, 5.74) is 8.49. The maximum absolute atomic E-state index is 5.95. The molecular formula is C11H18N2. The Hall–Kier alpha value is -0.760. The molecule has 1 fully saturated rings. The molecule has 0 aromatic rings. The van der Waals surface area contributed by atoms with E-state index in [2.05, 4.69) is 24.0 Å². The van der Waals surface area contributed by atoms with Crippen molar-refractivity contribution in [1.29, 1.82) is 0 Å². The minimum atomic E-state index is 0.707. The lowest BCUT2D eigenvalue weighted by atomic mass is 9.84. The molecule has 1 saturated heterocycles. The van der Waals surface area contributed by atoms with Gasteiger partial charge in [0.2, 0.25) is 0 Å². The Labute approximate surface area is 80.1 Å². The predicted molar refractivity (Wildman–Crippen MR) is 55.2 cm³/mol. The van der Waals surface area contributed by atoms with E-state index in [1.54, 1.807) is 0 Å². The number of hydrogen-bond acceptors (Lipinski definition) is 2. The van der Waals surface area contributed by atoms with E-state index in [1.165, 1.54) is 38.0 Å². The average molecular weight is 178 g/mol. The summed E-state index contributed by atoms with van der Waals surface area (Å²) >= 11 is 0. The fourth-order valence-corrected chi connectivity index (χ4v) is 2.35. The van der Waals surface area contributed by atoms with Crippen LogP contribution in [0.2, 0.25) is 0 Å². The van der Waals surface area contributed by atoms with Gasteiger partial charge in [-0.1, -0.05) is 13.0 Å². The zero-order valence-corrected chi connectivity index (χ0v) is 8.29. The molecule has 0 spiro atoms. The molecular weight excluding hydrogens is 160 g/mol. The SMILES string of the molecule is CCN1CCC2=C(N)C=CCC2C1. The highest BCUT2D eigenvalue weighted by molar-refractivity contribution is 5.30. The van der Waals surface area contributed by atoms with Gasteiger partial charge in [0.05, 0.1) is 0 Å². The normalized spacial score (nSPS) is 29.2. The van der Waals surface area contributed by atoms with Crippen molar-refractivity contribution in [2.24, 2.45) is 11.7 Å². The molecule has 2 rings (SSSR count). The maximum atomic E-state index is 5.95. The molecule has 2 nitrogen and oxygen atoms in total. The first-order valence-electron chi connectivity index (χ1n) is 5.18. The Morgan fingerprint density at radius 1 is 1.62 bits per heavy atom. The fraction of sp³-hybridized carbons (Fsp3) is 0.636. The average Bonchev–Trinajstić information content (AvgIpc) is 2.18. The van der Waals surface area contributed by atoms with Crippen LogP contribution in [0.25, 0.3) is 0 Å². The smallest absolute Gasteiger partial charge is 0.0306 e. The molecule has 13 heavy (non-hydrogen) atoms. The van der Waals surface area contributed by atoms with Gasteiger partial charge in [-0.15, -0.1) is 0 Å². The number of piperidine rings is 1. The minimum Gasteiger partial charge on any atom is -0.399 e. The summed E-state index contributed by atoms with van der Waals surface area (Å²) in [6, 6.07) is 0. The maximum Gasteiger partial charge on any atom is 0.0306 e. The van der Waals surface area contributed by atoms with E-state index in [1.807, 2.05) is 0 Å². The molecule has 1 aliphatic carbocycles. The Bertz CT molecular complexity index is 253. The second-order valence-corrected chi connectivity index (χ2v) is 3.96. The van der Waals surface area contributed by atoms with Gasteiger partial charge in [-0.2, -0.15) is 0 Å². The lowest BCUT2D eigenvalue weighted by Gasteiger charge is -2.35. The van der Waals surface area contributed by atoms with Crippen LogP contribution < -0.4 is 5.73 Å². The molecule has 0 radical (unpaired) electrons. The molecule has 1 aliphatic heterocycles. The number of rotatable bonds is 1. The van der Waals surface area contributed by atoms with Crippen LogP contribution in [0.15, 0.2) is 23.4 Å². The Kier molecular flexibility index (Phi) is 2.40. The van der Waals surface area contributed by atoms with Crippen LogP contribution in [0.1, 0.15) is 19.8 Å². The predicted octanol–water partition coefficient (Wildman–Crippen LogP) is 1.50. The topological polar surface area (TPSA) is 29.3 Å². The van der Waals surface area contributed by atoms with Gasteiger partial charge in [0.15, 0.2) is 0 Å². The van der Waals surface area contributed by atoms with Crippen LogP contribution in [0.3, 0.4) is 0 Å². The molecule has 1 unspecified atom stereocenters. The molecule has 72 valence electrons. The van der Waals surface area contributed by atoms with Crippen LogP contribution in [0, 0.1) is 5.92 Å². The molecule has 2 N–H and O–H groups in total. The zero-order valence-electron chi connectivity index (χ0n) is 8.29. The van der Waals surface area contributed by atoms with Crippen molar-refractivity contribution in [3.05, 3.63) is 23.4 Å². The van der Waals surface area contributed by atoms with Gasteiger partial charge in [-0.3, -0.25) is 0 Å². The van der Waals surface area contributed by atoms with Crippen molar-refractivity contribution in [1.82, 2.24) is 4.90 Å². The summed E-state index contributed by atoms with van der Waals surface area (Å²) < 4.78 is 0. The molecule has 1 heterocycles. The van der Waals surface area contributed by atoms with E-state index in [4.69, 9.17) is 5.73 Å². The third-order valence-corrected chi connectivity index (χ3v) is 3.20. The first kappa shape index (κ1) is 8.82. The van der Waals surface area contributed by atoms with Crippen molar-refractivity contribution in [3.8, 4) is 0 Å². The standard InChI is InChI=1S/C11H18N2/c1-2-13-7-6-10-9(8-13)4-3-5-11(10)12/h3,5,9H,2,4,6-8,12H2,1H3. The number of allylic oxidation sites excluding steroid dienone is 2. The molecule has 0 amide bonds. The largest absolute Gasteiger partial charge is 0.399 e. The first-order valence-corrected chi connectivity index (χ1v) is 5.18. The van der Waals surface area contributed by atoms with E-state index in [9.17, 15) is 0 Å². The molecule has 0 aromatic carbocycles. The van der Waals surface area contributed by atoms with Gasteiger partial charge < -0.3 is 10.6 Å². The van der Waals surface area contributed by atoms with Gasteiger partial charge in [0, 0.05) is 18.8 Å². The van der Waals surface area contributed by atoms with Crippen LogP contribution in [0.5, 0.6) is 0 Å². The van der Waals surface area contributed by atoms with Crippen molar-refractivity contribution in [3.63, 3.8) is 0 Å². The van der Waals surface area contributed by atoms with E-state index in [0.29, 0.717) is 5.92 Å². The lowest BCUT2D eigenvalue weighted by molar-refractivity contribution is 0.222. The molecule has 0 saturated carbocycles. The van der Waals surface area contributed by atoms with E-state index >= 15 is 0 Å². The number of hydrogen-bond donors (Lipinski definition) is 1. The summed E-state index contributed by atoms with van der Waals surface area (Å²) in [5, 5.41) is 0. The van der Waals surface area contributed by atoms with E-state index in [-0.39, 0.29) is 0 Å². The number of nitrogens with zero attached hydrogens (tertiary/aromatic N) is 1. The van der Waals surface area contributed by atoms with Gasteiger partial charge in [0.25, 0.3) is 0 Å². The highest BCUT2D eigenvalue weighted by Gasteiger charge is 2.25. The first-order chi connectivity index (χ1) is 6.31. The van der Waals surface area contributed by atoms with Crippen LogP contribution in [-0.2, 0) is 0 Å². The van der Waals surface area contributed by atoms with E-state index in [0.717, 1.165) is 5.70 Å². The van der Waals surface area contributed by atoms with Gasteiger partial charge in [0.1, 0.15) is 0 Å². The van der Waals surface area contributed by atoms with Crippen LogP contribution >= 0.6 is 0 Å². The van der Waals surface area contributed by atoms with Crippen LogP contribution in [0.4, 0.5) is 0 Å². The summed E-state index contributed by atoms with van der Waals surface area (Å²) in [7, 11) is 0. The molecule has 2 aliphatic rings. The highest BCUT2D eigenvalue weighted by atomic mass is 15.1. The summed E-state index contributed by atoms with van der Waals surface area (Å²) in [4.78, 5) is 2.51. The van der Waals surface area contributed by atoms with Gasteiger partial charge >= 0.3 is 0 Å². The number of likely N-dealkylation sites (tertiary alicyclic amines) is 1. The molecule has 2 heteroatoms. The van der Waals surface area contributed by atoms with Gasteiger partial charge in [-0.25, -0.2) is 0 Å².